The van der Waals surface area contributed by atoms with Crippen LogP contribution in [-0.2, 0) is 0 Å². The van der Waals surface area contributed by atoms with E-state index in [1.165, 1.54) is 25.9 Å². The molecule has 4 aromatic rings. The fourth-order valence-electron chi connectivity index (χ4n) is 4.10. The molecule has 6 heteroatoms. The first-order chi connectivity index (χ1) is 13.8. The van der Waals surface area contributed by atoms with E-state index >= 15 is 0 Å². The van der Waals surface area contributed by atoms with E-state index in [2.05, 4.69) is 69.1 Å². The highest BCUT2D eigenvalue weighted by molar-refractivity contribution is 7.17. The molecule has 2 aromatic heterocycles. The van der Waals surface area contributed by atoms with Gasteiger partial charge in [0, 0.05) is 47.8 Å². The molecule has 152 valence electrons. The Hall–Kier alpha value is -1.63. The SMILES string of the molecule is Cl.OC(CCN1CCN(c2ccc3sccc3c2)CC1)c1csc2ccccc12. The molecule has 1 saturated heterocycles. The molecule has 1 atom stereocenters. The number of hydrogen-bond acceptors (Lipinski definition) is 5. The first-order valence-electron chi connectivity index (χ1n) is 9.87. The maximum absolute atomic E-state index is 10.7. The van der Waals surface area contributed by atoms with Crippen LogP contribution in [0, 0.1) is 0 Å². The monoisotopic (exact) mass is 444 g/mol. The van der Waals surface area contributed by atoms with Crippen LogP contribution in [0.2, 0.25) is 0 Å². The molecule has 1 fully saturated rings. The van der Waals surface area contributed by atoms with E-state index in [4.69, 9.17) is 0 Å². The van der Waals surface area contributed by atoms with E-state index in [1.54, 1.807) is 22.7 Å². The second kappa shape index (κ2) is 9.02. The van der Waals surface area contributed by atoms with Gasteiger partial charge in [0.2, 0.25) is 0 Å². The molecule has 0 radical (unpaired) electrons. The molecule has 2 aromatic carbocycles. The zero-order valence-electron chi connectivity index (χ0n) is 16.2. The minimum absolute atomic E-state index is 0. The predicted molar refractivity (Wildman–Crippen MR) is 129 cm³/mol. The highest BCUT2D eigenvalue weighted by Crippen LogP contribution is 2.32. The summed E-state index contributed by atoms with van der Waals surface area (Å²) >= 11 is 3.53. The van der Waals surface area contributed by atoms with Gasteiger partial charge in [0.25, 0.3) is 0 Å². The summed E-state index contributed by atoms with van der Waals surface area (Å²) in [5, 5.41) is 17.5. The van der Waals surface area contributed by atoms with Crippen LogP contribution in [0.25, 0.3) is 20.2 Å². The first kappa shape index (κ1) is 20.6. The number of hydrogen-bond donors (Lipinski definition) is 1. The van der Waals surface area contributed by atoms with Gasteiger partial charge in [0.1, 0.15) is 0 Å². The minimum Gasteiger partial charge on any atom is -0.388 e. The molecule has 29 heavy (non-hydrogen) atoms. The van der Waals surface area contributed by atoms with Crippen molar-refractivity contribution in [2.75, 3.05) is 37.6 Å². The molecule has 3 nitrogen and oxygen atoms in total. The Morgan fingerprint density at radius 3 is 2.62 bits per heavy atom. The van der Waals surface area contributed by atoms with Gasteiger partial charge in [0.05, 0.1) is 6.10 Å². The number of anilines is 1. The number of nitrogens with zero attached hydrogens (tertiary/aromatic N) is 2. The Kier molecular flexibility index (Phi) is 6.42. The second-order valence-electron chi connectivity index (χ2n) is 7.46. The standard InChI is InChI=1S/C23H24N2OS2.ClH/c26-21(20-16-28-23-4-2-1-3-19(20)23)7-9-24-10-12-25(13-11-24)18-5-6-22-17(15-18)8-14-27-22;/h1-6,8,14-16,21,26H,7,9-13H2;1H. The fourth-order valence-corrected chi connectivity index (χ4v) is 5.88. The minimum atomic E-state index is -0.379. The first-order valence-corrected chi connectivity index (χ1v) is 11.6. The van der Waals surface area contributed by atoms with Crippen LogP contribution in [0.15, 0.2) is 59.3 Å². The number of halogens is 1. The van der Waals surface area contributed by atoms with Gasteiger partial charge in [-0.2, -0.15) is 0 Å². The lowest BCUT2D eigenvalue weighted by Gasteiger charge is -2.36. The lowest BCUT2D eigenvalue weighted by Crippen LogP contribution is -2.46. The van der Waals surface area contributed by atoms with Crippen molar-refractivity contribution in [2.45, 2.75) is 12.5 Å². The second-order valence-corrected chi connectivity index (χ2v) is 9.32. The number of rotatable bonds is 5. The normalized spacial score (nSPS) is 16.2. The molecule has 0 amide bonds. The van der Waals surface area contributed by atoms with Crippen LogP contribution in [0.5, 0.6) is 0 Å². The highest BCUT2D eigenvalue weighted by Gasteiger charge is 2.19. The van der Waals surface area contributed by atoms with E-state index < -0.39 is 0 Å². The highest BCUT2D eigenvalue weighted by atomic mass is 35.5. The quantitative estimate of drug-likeness (QED) is 0.422. The number of aliphatic hydroxyl groups is 1. The Labute approximate surface area is 185 Å². The van der Waals surface area contributed by atoms with E-state index in [0.29, 0.717) is 0 Å². The zero-order chi connectivity index (χ0) is 18.9. The van der Waals surface area contributed by atoms with Gasteiger partial charge in [-0.25, -0.2) is 0 Å². The molecule has 1 aliphatic heterocycles. The van der Waals surface area contributed by atoms with E-state index in [9.17, 15) is 5.11 Å². The van der Waals surface area contributed by atoms with Gasteiger partial charge in [-0.3, -0.25) is 4.90 Å². The number of piperazine rings is 1. The Morgan fingerprint density at radius 2 is 1.76 bits per heavy atom. The Bertz CT molecular complexity index is 1080. The van der Waals surface area contributed by atoms with Gasteiger partial charge in [-0.1, -0.05) is 18.2 Å². The predicted octanol–water partition coefficient (Wildman–Crippen LogP) is 5.78. The largest absolute Gasteiger partial charge is 0.388 e. The summed E-state index contributed by atoms with van der Waals surface area (Å²) < 4.78 is 2.62. The molecule has 0 aliphatic carbocycles. The van der Waals surface area contributed by atoms with Crippen molar-refractivity contribution in [3.8, 4) is 0 Å². The van der Waals surface area contributed by atoms with Crippen molar-refractivity contribution < 1.29 is 5.11 Å². The van der Waals surface area contributed by atoms with Crippen LogP contribution in [-0.4, -0.2) is 42.7 Å². The van der Waals surface area contributed by atoms with Gasteiger partial charge in [0.15, 0.2) is 0 Å². The van der Waals surface area contributed by atoms with Crippen LogP contribution >= 0.6 is 35.1 Å². The maximum atomic E-state index is 10.7. The van der Waals surface area contributed by atoms with Crippen molar-refractivity contribution in [1.82, 2.24) is 4.90 Å². The molecular formula is C23H25ClN2OS2. The summed E-state index contributed by atoms with van der Waals surface area (Å²) in [4.78, 5) is 4.97. The van der Waals surface area contributed by atoms with Crippen molar-refractivity contribution in [2.24, 2.45) is 0 Å². The summed E-state index contributed by atoms with van der Waals surface area (Å²) in [6.07, 6.45) is 0.414. The maximum Gasteiger partial charge on any atom is 0.0816 e. The number of thiophene rings is 2. The molecule has 1 unspecified atom stereocenters. The van der Waals surface area contributed by atoms with Crippen LogP contribution < -0.4 is 4.90 Å². The van der Waals surface area contributed by atoms with E-state index in [0.717, 1.165) is 44.7 Å². The molecule has 0 bridgehead atoms. The topological polar surface area (TPSA) is 26.7 Å². The average molecular weight is 445 g/mol. The number of aliphatic hydroxyl groups excluding tert-OH is 1. The third kappa shape index (κ3) is 4.30. The molecular weight excluding hydrogens is 420 g/mol. The molecule has 1 N–H and O–H groups in total. The molecule has 3 heterocycles. The zero-order valence-corrected chi connectivity index (χ0v) is 18.6. The number of fused-ring (bicyclic) bond motifs is 2. The van der Waals surface area contributed by atoms with Crippen LogP contribution in [0.3, 0.4) is 0 Å². The van der Waals surface area contributed by atoms with Gasteiger partial charge < -0.3 is 10.0 Å². The molecule has 1 aliphatic rings. The molecule has 0 saturated carbocycles. The van der Waals surface area contributed by atoms with E-state index in [1.807, 2.05) is 0 Å². The lowest BCUT2D eigenvalue weighted by atomic mass is 10.1. The van der Waals surface area contributed by atoms with Gasteiger partial charge in [-0.15, -0.1) is 35.1 Å². The average Bonchev–Trinajstić information content (AvgIpc) is 3.38. The number of benzene rings is 2. The summed E-state index contributed by atoms with van der Waals surface area (Å²) in [6, 6.07) is 17.4. The summed E-state index contributed by atoms with van der Waals surface area (Å²) in [5.74, 6) is 0. The van der Waals surface area contributed by atoms with Crippen molar-refractivity contribution in [1.29, 1.82) is 0 Å². The third-order valence-corrected chi connectivity index (χ3v) is 7.64. The van der Waals surface area contributed by atoms with Crippen molar-refractivity contribution in [3.05, 3.63) is 64.9 Å². The summed E-state index contributed by atoms with van der Waals surface area (Å²) in [6.45, 7) is 5.15. The lowest BCUT2D eigenvalue weighted by molar-refractivity contribution is 0.141. The fraction of sp³-hybridized carbons (Fsp3) is 0.304. The smallest absolute Gasteiger partial charge is 0.0816 e. The summed E-state index contributed by atoms with van der Waals surface area (Å²) in [7, 11) is 0. The molecule has 5 rings (SSSR count). The van der Waals surface area contributed by atoms with Gasteiger partial charge in [-0.05, 0) is 63.8 Å². The van der Waals surface area contributed by atoms with E-state index in [-0.39, 0.29) is 18.5 Å². The van der Waals surface area contributed by atoms with Gasteiger partial charge >= 0.3 is 0 Å². The molecule has 0 spiro atoms. The van der Waals surface area contributed by atoms with Crippen LogP contribution in [0.4, 0.5) is 5.69 Å². The van der Waals surface area contributed by atoms with Crippen molar-refractivity contribution in [3.63, 3.8) is 0 Å². The van der Waals surface area contributed by atoms with Crippen molar-refractivity contribution >= 4 is 60.9 Å². The van der Waals surface area contributed by atoms with Crippen LogP contribution in [0.1, 0.15) is 18.1 Å². The Balaban J connectivity index is 0.00000205. The third-order valence-electron chi connectivity index (χ3n) is 5.76. The Morgan fingerprint density at radius 1 is 0.931 bits per heavy atom. The summed E-state index contributed by atoms with van der Waals surface area (Å²) in [5.41, 5.74) is 2.42.